The number of halogens is 1. The minimum atomic E-state index is -0.0636. The molecule has 0 aliphatic carbocycles. The third-order valence-electron chi connectivity index (χ3n) is 3.78. The van der Waals surface area contributed by atoms with Crippen molar-refractivity contribution in [3.05, 3.63) is 46.7 Å². The van der Waals surface area contributed by atoms with Crippen molar-refractivity contribution in [2.45, 2.75) is 0 Å². The van der Waals surface area contributed by atoms with E-state index in [0.717, 1.165) is 27.4 Å². The maximum atomic E-state index is 12.8. The van der Waals surface area contributed by atoms with Crippen LogP contribution in [0.3, 0.4) is 0 Å². The van der Waals surface area contributed by atoms with Gasteiger partial charge in [0.25, 0.3) is 5.91 Å². The van der Waals surface area contributed by atoms with Crippen LogP contribution >= 0.6 is 35.1 Å². The summed E-state index contributed by atoms with van der Waals surface area (Å²) in [6.07, 6.45) is 3.47. The number of aromatic nitrogens is 1. The van der Waals surface area contributed by atoms with E-state index < -0.39 is 0 Å². The van der Waals surface area contributed by atoms with Crippen molar-refractivity contribution in [1.82, 2.24) is 9.88 Å². The van der Waals surface area contributed by atoms with Gasteiger partial charge in [0, 0.05) is 30.1 Å². The molecular formula is C19H22ClN3O2S2. The number of methoxy groups -OCH3 is 1. The summed E-state index contributed by atoms with van der Waals surface area (Å²) in [7, 11) is 5.62. The summed E-state index contributed by atoms with van der Waals surface area (Å²) >= 11 is 3.12. The first-order chi connectivity index (χ1) is 12.6. The Morgan fingerprint density at radius 1 is 1.26 bits per heavy atom. The number of thiophene rings is 1. The minimum absolute atomic E-state index is 0. The Kier molecular flexibility index (Phi) is 7.79. The molecule has 0 fully saturated rings. The van der Waals surface area contributed by atoms with Crippen molar-refractivity contribution in [2.24, 2.45) is 0 Å². The number of likely N-dealkylation sites (N-methyl/N-ethyl adjacent to an activating group) is 1. The number of fused-ring (bicyclic) bond motifs is 1. The van der Waals surface area contributed by atoms with Gasteiger partial charge in [0.15, 0.2) is 5.13 Å². The monoisotopic (exact) mass is 423 g/mol. The largest absolute Gasteiger partial charge is 0.497 e. The summed E-state index contributed by atoms with van der Waals surface area (Å²) in [6.45, 7) is 1.34. The zero-order chi connectivity index (χ0) is 18.5. The first kappa shape index (κ1) is 21.4. The Morgan fingerprint density at radius 3 is 2.74 bits per heavy atom. The standard InChI is InChI=1S/C19H21N3O2S2.ClH/c1-21(2)10-11-22(18(23)9-7-15-5-4-12-25-15)19-20-16-13-14(24-3)6-8-17(16)26-19;/h4-9,12-13H,10-11H2,1-3H3;1H. The molecule has 2 heterocycles. The second-order valence-electron chi connectivity index (χ2n) is 5.97. The average molecular weight is 424 g/mol. The molecule has 5 nitrogen and oxygen atoms in total. The minimum Gasteiger partial charge on any atom is -0.497 e. The molecule has 0 radical (unpaired) electrons. The highest BCUT2D eigenvalue weighted by Gasteiger charge is 2.18. The zero-order valence-electron chi connectivity index (χ0n) is 15.4. The van der Waals surface area contributed by atoms with Gasteiger partial charge in [0.2, 0.25) is 0 Å². The average Bonchev–Trinajstić information content (AvgIpc) is 3.28. The lowest BCUT2D eigenvalue weighted by Gasteiger charge is -2.20. The van der Waals surface area contributed by atoms with Crippen LogP contribution in [0.5, 0.6) is 5.75 Å². The van der Waals surface area contributed by atoms with E-state index in [0.29, 0.717) is 11.7 Å². The summed E-state index contributed by atoms with van der Waals surface area (Å²) < 4.78 is 6.30. The molecule has 2 aromatic heterocycles. The summed E-state index contributed by atoms with van der Waals surface area (Å²) in [5.41, 5.74) is 0.842. The Morgan fingerprint density at radius 2 is 2.07 bits per heavy atom. The number of rotatable bonds is 7. The summed E-state index contributed by atoms with van der Waals surface area (Å²) in [4.78, 5) is 22.3. The maximum Gasteiger partial charge on any atom is 0.252 e. The molecule has 0 atom stereocenters. The number of ether oxygens (including phenoxy) is 1. The Hall–Kier alpha value is -1.93. The molecule has 0 bridgehead atoms. The molecule has 0 unspecified atom stereocenters. The SMILES string of the molecule is COc1ccc2sc(N(CCN(C)C)C(=O)C=Cc3cccs3)nc2c1.Cl. The summed E-state index contributed by atoms with van der Waals surface area (Å²) in [5.74, 6) is 0.699. The van der Waals surface area contributed by atoms with E-state index in [2.05, 4.69) is 9.88 Å². The molecule has 144 valence electrons. The van der Waals surface area contributed by atoms with Crippen LogP contribution in [0.25, 0.3) is 16.3 Å². The molecule has 0 saturated carbocycles. The van der Waals surface area contributed by atoms with E-state index in [1.165, 1.54) is 11.3 Å². The van der Waals surface area contributed by atoms with Crippen LogP contribution in [0.1, 0.15) is 4.88 Å². The topological polar surface area (TPSA) is 45.7 Å². The van der Waals surface area contributed by atoms with Crippen LogP contribution in [-0.2, 0) is 4.79 Å². The number of carbonyl (C=O) groups is 1. The number of anilines is 1. The van der Waals surface area contributed by atoms with E-state index in [-0.39, 0.29) is 18.3 Å². The zero-order valence-corrected chi connectivity index (χ0v) is 17.9. The first-order valence-electron chi connectivity index (χ1n) is 8.19. The van der Waals surface area contributed by atoms with Crippen LogP contribution < -0.4 is 9.64 Å². The van der Waals surface area contributed by atoms with Gasteiger partial charge in [0.05, 0.1) is 17.3 Å². The molecule has 3 aromatic rings. The van der Waals surface area contributed by atoms with Crippen molar-refractivity contribution in [1.29, 1.82) is 0 Å². The third-order valence-corrected chi connectivity index (χ3v) is 5.68. The second-order valence-corrected chi connectivity index (χ2v) is 7.96. The van der Waals surface area contributed by atoms with Gasteiger partial charge in [-0.1, -0.05) is 17.4 Å². The van der Waals surface area contributed by atoms with Gasteiger partial charge in [-0.25, -0.2) is 4.98 Å². The van der Waals surface area contributed by atoms with Gasteiger partial charge in [-0.15, -0.1) is 23.7 Å². The molecule has 1 aromatic carbocycles. The van der Waals surface area contributed by atoms with Gasteiger partial charge >= 0.3 is 0 Å². The van der Waals surface area contributed by atoms with E-state index in [9.17, 15) is 4.79 Å². The Bertz CT molecular complexity index is 907. The molecule has 3 rings (SSSR count). The van der Waals surface area contributed by atoms with Crippen molar-refractivity contribution < 1.29 is 9.53 Å². The van der Waals surface area contributed by atoms with E-state index in [1.807, 2.05) is 55.9 Å². The van der Waals surface area contributed by atoms with Crippen LogP contribution in [0, 0.1) is 0 Å². The van der Waals surface area contributed by atoms with Crippen LogP contribution in [-0.4, -0.2) is 50.1 Å². The summed E-state index contributed by atoms with van der Waals surface area (Å²) in [5, 5.41) is 2.70. The van der Waals surface area contributed by atoms with Gasteiger partial charge in [0.1, 0.15) is 5.75 Å². The molecule has 8 heteroatoms. The molecule has 0 aliphatic rings. The predicted molar refractivity (Wildman–Crippen MR) is 118 cm³/mol. The Balaban J connectivity index is 0.00000261. The van der Waals surface area contributed by atoms with Gasteiger partial charge in [-0.3, -0.25) is 9.69 Å². The number of hydrogen-bond donors (Lipinski definition) is 0. The second kappa shape index (κ2) is 9.85. The summed E-state index contributed by atoms with van der Waals surface area (Å²) in [6, 6.07) is 9.74. The highest BCUT2D eigenvalue weighted by Crippen LogP contribution is 2.31. The molecule has 0 aliphatic heterocycles. The number of carbonyl (C=O) groups excluding carboxylic acids is 1. The molecular weight excluding hydrogens is 402 g/mol. The normalized spacial score (nSPS) is 11.1. The van der Waals surface area contributed by atoms with E-state index in [1.54, 1.807) is 29.4 Å². The van der Waals surface area contributed by atoms with Crippen molar-refractivity contribution in [3.63, 3.8) is 0 Å². The number of amides is 1. The lowest BCUT2D eigenvalue weighted by Crippen LogP contribution is -2.35. The lowest BCUT2D eigenvalue weighted by atomic mass is 10.3. The number of thiazole rings is 1. The fraction of sp³-hybridized carbons (Fsp3) is 0.263. The van der Waals surface area contributed by atoms with Crippen molar-refractivity contribution in [2.75, 3.05) is 39.2 Å². The molecule has 0 N–H and O–H groups in total. The fourth-order valence-electron chi connectivity index (χ4n) is 2.37. The molecule has 0 spiro atoms. The van der Waals surface area contributed by atoms with Crippen LogP contribution in [0.15, 0.2) is 41.8 Å². The highest BCUT2D eigenvalue weighted by molar-refractivity contribution is 7.22. The van der Waals surface area contributed by atoms with E-state index >= 15 is 0 Å². The van der Waals surface area contributed by atoms with Gasteiger partial charge in [-0.05, 0) is 43.8 Å². The predicted octanol–water partition coefficient (Wildman–Crippen LogP) is 4.40. The van der Waals surface area contributed by atoms with Crippen molar-refractivity contribution >= 4 is 62.4 Å². The van der Waals surface area contributed by atoms with Gasteiger partial charge in [-0.2, -0.15) is 0 Å². The smallest absolute Gasteiger partial charge is 0.252 e. The van der Waals surface area contributed by atoms with Crippen molar-refractivity contribution in [3.8, 4) is 5.75 Å². The molecule has 1 amide bonds. The highest BCUT2D eigenvalue weighted by atomic mass is 35.5. The van der Waals surface area contributed by atoms with Crippen LogP contribution in [0.4, 0.5) is 5.13 Å². The quantitative estimate of drug-likeness (QED) is 0.528. The molecule has 27 heavy (non-hydrogen) atoms. The fourth-order valence-corrected chi connectivity index (χ4v) is 3.96. The van der Waals surface area contributed by atoms with Crippen LogP contribution in [0.2, 0.25) is 0 Å². The maximum absolute atomic E-state index is 12.8. The first-order valence-corrected chi connectivity index (χ1v) is 9.89. The van der Waals surface area contributed by atoms with Gasteiger partial charge < -0.3 is 9.64 Å². The molecule has 0 saturated heterocycles. The lowest BCUT2D eigenvalue weighted by molar-refractivity contribution is -0.114. The third kappa shape index (κ3) is 5.52. The number of hydrogen-bond acceptors (Lipinski definition) is 6. The number of benzene rings is 1. The number of nitrogens with zero attached hydrogens (tertiary/aromatic N) is 3. The Labute approximate surface area is 173 Å². The van der Waals surface area contributed by atoms with E-state index in [4.69, 9.17) is 4.74 Å².